The molecule has 4 heterocycles. The highest BCUT2D eigenvalue weighted by atomic mass is 19.3. The molecule has 0 fully saturated rings. The number of nitrogens with one attached hydrogen (secondary N) is 1. The Kier molecular flexibility index (Phi) is 29.6. The summed E-state index contributed by atoms with van der Waals surface area (Å²) in [7, 11) is 0. The van der Waals surface area contributed by atoms with Crippen LogP contribution < -0.4 is 22.9 Å². The van der Waals surface area contributed by atoms with E-state index in [0.717, 1.165) is 37.2 Å². The molecule has 0 bridgehead atoms. The van der Waals surface area contributed by atoms with Gasteiger partial charge in [-0.1, -0.05) is 132 Å². The molecule has 8 aromatic rings. The van der Waals surface area contributed by atoms with Crippen molar-refractivity contribution >= 4 is 23.9 Å². The van der Waals surface area contributed by atoms with Crippen LogP contribution in [-0.2, 0) is 60.3 Å². The summed E-state index contributed by atoms with van der Waals surface area (Å²) < 4.78 is 160. The zero-order valence-electron chi connectivity index (χ0n) is 64.9. The summed E-state index contributed by atoms with van der Waals surface area (Å²) in [5.74, 6) is -5.84. The molecular weight excluding hydrogens is 1440 g/mol. The molecule has 0 unspecified atom stereocenters. The van der Waals surface area contributed by atoms with E-state index in [4.69, 9.17) is 41.9 Å². The van der Waals surface area contributed by atoms with Crippen molar-refractivity contribution in [3.05, 3.63) is 144 Å². The van der Waals surface area contributed by atoms with E-state index in [1.165, 1.54) is 54.9 Å². The Morgan fingerprint density at radius 1 is 0.431 bits per heavy atom. The van der Waals surface area contributed by atoms with Gasteiger partial charge in [-0.05, 0) is 127 Å². The molecule has 0 aliphatic carbocycles. The average Bonchev–Trinajstić information content (AvgIpc) is 1.64. The Labute approximate surface area is 627 Å². The molecule has 0 saturated heterocycles. The molecule has 0 aliphatic heterocycles. The van der Waals surface area contributed by atoms with Crippen molar-refractivity contribution in [1.82, 2.24) is 59.5 Å². The lowest BCUT2D eigenvalue weighted by Crippen LogP contribution is -2.50. The van der Waals surface area contributed by atoms with Crippen molar-refractivity contribution in [1.29, 1.82) is 0 Å². The van der Waals surface area contributed by atoms with Crippen molar-refractivity contribution in [3.8, 4) is 45.6 Å². The number of alkyl halides is 6. The maximum atomic E-state index is 15.0. The first kappa shape index (κ1) is 90.1. The van der Waals surface area contributed by atoms with Gasteiger partial charge in [0.15, 0.2) is 23.3 Å². The monoisotopic (exact) mass is 1540 g/mol. The molecule has 598 valence electrons. The smallest absolute Gasteiger partial charge is 0.335 e. The van der Waals surface area contributed by atoms with E-state index in [-0.39, 0.29) is 93.6 Å². The number of H-pyrrole nitrogens is 1. The number of carbonyl (C=O) groups excluding carboxylic acids is 4. The van der Waals surface area contributed by atoms with Crippen LogP contribution in [0.4, 0.5) is 43.9 Å². The molecule has 4 atom stereocenters. The third-order valence-corrected chi connectivity index (χ3v) is 15.6. The van der Waals surface area contributed by atoms with Gasteiger partial charge in [0.05, 0.1) is 24.4 Å². The van der Waals surface area contributed by atoms with E-state index in [1.807, 2.05) is 83.1 Å². The number of benzene rings is 4. The first-order chi connectivity index (χ1) is 50.1. The van der Waals surface area contributed by atoms with E-state index in [9.17, 15) is 54.3 Å². The molecule has 0 radical (unpaired) electrons. The Hall–Kier alpha value is -9.54. The third-order valence-electron chi connectivity index (χ3n) is 15.6. The van der Waals surface area contributed by atoms with Crippen molar-refractivity contribution in [2.45, 2.75) is 230 Å². The van der Waals surface area contributed by atoms with Crippen molar-refractivity contribution < 1.29 is 82.0 Å². The summed E-state index contributed by atoms with van der Waals surface area (Å²) in [4.78, 5) is 62.3. The van der Waals surface area contributed by atoms with E-state index in [0.29, 0.717) is 25.3 Å². The predicted octanol–water partition coefficient (Wildman–Crippen LogP) is 15.2. The molecule has 8 rings (SSSR count). The largest absolute Gasteiger partial charge is 0.461 e. The quantitative estimate of drug-likeness (QED) is 0.0226. The fourth-order valence-electron chi connectivity index (χ4n) is 11.8. The fourth-order valence-corrected chi connectivity index (χ4v) is 11.8. The minimum absolute atomic E-state index is 0.0369. The van der Waals surface area contributed by atoms with E-state index in [1.54, 1.807) is 61.5 Å². The molecule has 4 aromatic heterocycles. The van der Waals surface area contributed by atoms with Gasteiger partial charge in [0.1, 0.15) is 70.7 Å². The number of aromatic amines is 1. The first-order valence-corrected chi connectivity index (χ1v) is 34.7. The minimum Gasteiger partial charge on any atom is -0.461 e. The summed E-state index contributed by atoms with van der Waals surface area (Å²) >= 11 is 0. The highest BCUT2D eigenvalue weighted by Crippen LogP contribution is 2.42. The van der Waals surface area contributed by atoms with Gasteiger partial charge in [0.25, 0.3) is 0 Å². The summed E-state index contributed by atoms with van der Waals surface area (Å²) in [6, 6.07) is 15.8. The average molecular weight is 1540 g/mol. The Morgan fingerprint density at radius 2 is 0.771 bits per heavy atom. The van der Waals surface area contributed by atoms with Crippen molar-refractivity contribution in [3.63, 3.8) is 0 Å². The molecule has 0 amide bonds. The highest BCUT2D eigenvalue weighted by Gasteiger charge is 2.48. The van der Waals surface area contributed by atoms with Gasteiger partial charge in [-0.3, -0.25) is 9.67 Å². The van der Waals surface area contributed by atoms with Gasteiger partial charge in [-0.25, -0.2) is 51.7 Å². The van der Waals surface area contributed by atoms with Crippen LogP contribution in [0.5, 0.6) is 0 Å². The number of nitrogens with zero attached hydrogens (tertiary/aromatic N) is 11. The molecule has 0 saturated carbocycles. The van der Waals surface area contributed by atoms with Gasteiger partial charge in [-0.2, -0.15) is 45.9 Å². The number of aromatic nitrogens is 12. The number of ether oxygens (including phenoxy) is 4. The molecular formula is C75H100F10N16O8. The van der Waals surface area contributed by atoms with Gasteiger partial charge < -0.3 is 41.9 Å². The second-order valence-corrected chi connectivity index (χ2v) is 32.2. The van der Waals surface area contributed by atoms with E-state index < -0.39 is 124 Å². The molecule has 0 spiro atoms. The van der Waals surface area contributed by atoms with Crippen LogP contribution in [0.15, 0.2) is 98.1 Å². The SMILES string of the molecule is CC(C)OC(=O)[C@@](N)(CC(C)(C)C)c1ccc(-c2ncn(C(F)F)n2)cc1F.CC(C)OC(=O)[C@@](N)(CC(C)(C)C)c1ccc(-c2ncn[nH]2)cc1F.CC(C)OC(=O)[C@@](N)(CC(C)(C)C)c1ccc(-c2ncnn2C(F)F)cc1F.CC(C)OC(=O)[C@@](N)(CC(C)(C)C)c1ccc(-c2nncn2C(F)F)cc1F. The van der Waals surface area contributed by atoms with Gasteiger partial charge in [-0.15, -0.1) is 15.3 Å². The first-order valence-electron chi connectivity index (χ1n) is 34.7. The molecule has 0 aliphatic rings. The minimum atomic E-state index is -2.92. The van der Waals surface area contributed by atoms with E-state index >= 15 is 8.78 Å². The number of esters is 4. The molecule has 34 heteroatoms. The lowest BCUT2D eigenvalue weighted by molar-refractivity contribution is -0.156. The van der Waals surface area contributed by atoms with Crippen LogP contribution >= 0.6 is 0 Å². The Bertz CT molecular complexity index is 4230. The molecule has 109 heavy (non-hydrogen) atoms. The summed E-state index contributed by atoms with van der Waals surface area (Å²) in [6.45, 7) is 27.6. The zero-order chi connectivity index (χ0) is 82.7. The molecule has 4 aromatic carbocycles. The summed E-state index contributed by atoms with van der Waals surface area (Å²) in [5.41, 5.74) is 18.1. The third kappa shape index (κ3) is 24.2. The molecule has 24 nitrogen and oxygen atoms in total. The van der Waals surface area contributed by atoms with Gasteiger partial charge in [0, 0.05) is 44.5 Å². The fraction of sp³-hybridized carbons (Fsp3) is 0.520. The highest BCUT2D eigenvalue weighted by molar-refractivity contribution is 5.85. The summed E-state index contributed by atoms with van der Waals surface area (Å²) in [6.07, 6.45) is 3.02. The maximum absolute atomic E-state index is 15.0. The zero-order valence-corrected chi connectivity index (χ0v) is 64.9. The number of nitrogens with two attached hydrogens (primary N) is 4. The second kappa shape index (κ2) is 35.9. The normalized spacial score (nSPS) is 14.4. The number of carbonyl (C=O) groups is 4. The van der Waals surface area contributed by atoms with Crippen LogP contribution in [0.3, 0.4) is 0 Å². The maximum Gasteiger partial charge on any atom is 0.335 e. The number of halogens is 10. The lowest BCUT2D eigenvalue weighted by Gasteiger charge is -2.34. The Morgan fingerprint density at radius 3 is 1.07 bits per heavy atom. The van der Waals surface area contributed by atoms with Crippen LogP contribution in [0.2, 0.25) is 0 Å². The van der Waals surface area contributed by atoms with Crippen LogP contribution in [0.1, 0.15) is 206 Å². The Balaban J connectivity index is 0.000000261. The van der Waals surface area contributed by atoms with Crippen LogP contribution in [0.25, 0.3) is 45.6 Å². The van der Waals surface area contributed by atoms with Gasteiger partial charge >= 0.3 is 43.5 Å². The van der Waals surface area contributed by atoms with E-state index in [2.05, 4.69) is 45.5 Å². The lowest BCUT2D eigenvalue weighted by atomic mass is 9.76. The molecule has 9 N–H and O–H groups in total. The standard InChI is InChI=1S/3C19H25F3N4O2.C18H25FN4O2/c1-11(2)28-16(27)19(23,9-18(3,4)5)13-7-6-12(8-14(13)20)15-25-24-10-26(15)17(21)22;1-11(2)28-16(27)19(23,9-18(3,4)5)13-7-6-12(8-14(13)20)15-24-10-26(25-15)17(21)22;1-11(2)28-16(27)19(23,9-18(3,4)5)13-7-6-12(8-14(13)20)15-24-10-25-26(15)17(21)22;1-11(2)25-16(24)18(20,9-17(3,4)5)13-7-6-12(8-14(13)19)15-21-10-22-23-15/h3*6-8,10-11,17H,9,23H2,1-5H3;6-8,10-11H,9,20H2,1-5H3,(H,21,22,23)/t3*19-;18-/m1111/s1. The number of rotatable bonds is 23. The topological polar surface area (TPSA) is 343 Å². The number of hydrogen-bond acceptors (Lipinski definition) is 20. The summed E-state index contributed by atoms with van der Waals surface area (Å²) in [5, 5.41) is 20.5. The van der Waals surface area contributed by atoms with Crippen LogP contribution in [-0.4, -0.2) is 108 Å². The van der Waals surface area contributed by atoms with Gasteiger partial charge in [0.2, 0.25) is 0 Å². The second-order valence-electron chi connectivity index (χ2n) is 32.2. The van der Waals surface area contributed by atoms with Crippen molar-refractivity contribution in [2.24, 2.45) is 44.6 Å². The number of hydrogen-bond donors (Lipinski definition) is 5. The van der Waals surface area contributed by atoms with Crippen molar-refractivity contribution in [2.75, 3.05) is 0 Å². The van der Waals surface area contributed by atoms with Crippen LogP contribution in [0, 0.1) is 44.9 Å². The predicted molar refractivity (Wildman–Crippen MR) is 386 cm³/mol.